The van der Waals surface area contributed by atoms with Crippen LogP contribution in [0.1, 0.15) is 25.7 Å². The zero-order valence-electron chi connectivity index (χ0n) is 11.6. The second-order valence-corrected chi connectivity index (χ2v) is 4.83. The molecule has 0 radical (unpaired) electrons. The summed E-state index contributed by atoms with van der Waals surface area (Å²) in [7, 11) is 5.61. The van der Waals surface area contributed by atoms with Gasteiger partial charge < -0.3 is 14.8 Å². The normalized spacial score (nSPS) is 25.4. The van der Waals surface area contributed by atoms with Crippen molar-refractivity contribution in [3.63, 3.8) is 0 Å². The molecule has 0 spiro atoms. The molecule has 0 heterocycles. The first-order chi connectivity index (χ1) is 8.31. The molecule has 1 fully saturated rings. The van der Waals surface area contributed by atoms with Crippen LogP contribution in [-0.2, 0) is 9.47 Å². The Bertz CT molecular complexity index is 182. The molecule has 1 rings (SSSR count). The molecule has 0 aliphatic heterocycles. The van der Waals surface area contributed by atoms with Crippen molar-refractivity contribution in [2.75, 3.05) is 47.6 Å². The highest BCUT2D eigenvalue weighted by molar-refractivity contribution is 4.83. The average Bonchev–Trinajstić information content (AvgIpc) is 2.39. The smallest absolute Gasteiger partial charge is 0.0589 e. The number of nitrogens with one attached hydrogen (secondary N) is 1. The van der Waals surface area contributed by atoms with Gasteiger partial charge in [0.05, 0.1) is 13.2 Å². The predicted molar refractivity (Wildman–Crippen MR) is 70.4 cm³/mol. The van der Waals surface area contributed by atoms with Gasteiger partial charge in [0.2, 0.25) is 0 Å². The molecular weight excluding hydrogens is 216 g/mol. The highest BCUT2D eigenvalue weighted by Crippen LogP contribution is 2.22. The van der Waals surface area contributed by atoms with E-state index in [2.05, 4.69) is 17.3 Å². The zero-order valence-corrected chi connectivity index (χ0v) is 11.6. The van der Waals surface area contributed by atoms with Gasteiger partial charge in [-0.1, -0.05) is 6.42 Å². The molecule has 0 amide bonds. The van der Waals surface area contributed by atoms with E-state index in [0.717, 1.165) is 26.3 Å². The van der Waals surface area contributed by atoms with Crippen molar-refractivity contribution >= 4 is 0 Å². The van der Waals surface area contributed by atoms with Gasteiger partial charge in [-0.3, -0.25) is 4.90 Å². The monoisotopic (exact) mass is 244 g/mol. The number of hydrogen-bond acceptors (Lipinski definition) is 4. The summed E-state index contributed by atoms with van der Waals surface area (Å²) >= 11 is 0. The van der Waals surface area contributed by atoms with E-state index in [1.54, 1.807) is 14.2 Å². The largest absolute Gasteiger partial charge is 0.383 e. The van der Waals surface area contributed by atoms with Crippen LogP contribution < -0.4 is 5.32 Å². The third-order valence-electron chi connectivity index (χ3n) is 3.74. The zero-order chi connectivity index (χ0) is 12.5. The second-order valence-electron chi connectivity index (χ2n) is 4.83. The molecule has 1 aliphatic carbocycles. The quantitative estimate of drug-likeness (QED) is 0.693. The average molecular weight is 244 g/mol. The molecule has 1 saturated carbocycles. The van der Waals surface area contributed by atoms with Gasteiger partial charge in [0.25, 0.3) is 0 Å². The van der Waals surface area contributed by atoms with Crippen LogP contribution in [0.4, 0.5) is 0 Å². The first-order valence-corrected chi connectivity index (χ1v) is 6.71. The van der Waals surface area contributed by atoms with Crippen LogP contribution in [0.15, 0.2) is 0 Å². The van der Waals surface area contributed by atoms with E-state index < -0.39 is 0 Å². The fourth-order valence-electron chi connectivity index (χ4n) is 2.65. The van der Waals surface area contributed by atoms with E-state index in [0.29, 0.717) is 12.1 Å². The molecule has 0 bridgehead atoms. The maximum atomic E-state index is 5.20. The van der Waals surface area contributed by atoms with Gasteiger partial charge in [0.1, 0.15) is 0 Å². The Hall–Kier alpha value is -0.160. The first kappa shape index (κ1) is 14.9. The van der Waals surface area contributed by atoms with Crippen LogP contribution >= 0.6 is 0 Å². The predicted octanol–water partition coefficient (Wildman–Crippen LogP) is 1.11. The van der Waals surface area contributed by atoms with Gasteiger partial charge in [0.15, 0.2) is 0 Å². The summed E-state index contributed by atoms with van der Waals surface area (Å²) in [5, 5.41) is 3.41. The molecule has 0 aromatic carbocycles. The van der Waals surface area contributed by atoms with Gasteiger partial charge in [-0.15, -0.1) is 0 Å². The van der Waals surface area contributed by atoms with Crippen LogP contribution in [-0.4, -0.2) is 64.6 Å². The topological polar surface area (TPSA) is 33.7 Å². The standard InChI is InChI=1S/C13H28N2O2/c1-14-12-5-4-6-13(11-12)15(7-9-16-2)8-10-17-3/h12-14H,4-11H2,1-3H3. The van der Waals surface area contributed by atoms with Crippen molar-refractivity contribution in [1.82, 2.24) is 10.2 Å². The van der Waals surface area contributed by atoms with Crippen molar-refractivity contribution < 1.29 is 9.47 Å². The lowest BCUT2D eigenvalue weighted by Crippen LogP contribution is -2.45. The molecule has 2 atom stereocenters. The van der Waals surface area contributed by atoms with E-state index in [9.17, 15) is 0 Å². The molecule has 1 N–H and O–H groups in total. The Kier molecular flexibility index (Phi) is 7.77. The molecule has 0 saturated heterocycles. The molecule has 4 nitrogen and oxygen atoms in total. The van der Waals surface area contributed by atoms with Crippen molar-refractivity contribution in [3.05, 3.63) is 0 Å². The van der Waals surface area contributed by atoms with Crippen LogP contribution in [0.25, 0.3) is 0 Å². The van der Waals surface area contributed by atoms with Crippen molar-refractivity contribution in [1.29, 1.82) is 0 Å². The Morgan fingerprint density at radius 1 is 1.12 bits per heavy atom. The van der Waals surface area contributed by atoms with E-state index in [1.807, 2.05) is 0 Å². The van der Waals surface area contributed by atoms with Crippen LogP contribution in [0, 0.1) is 0 Å². The summed E-state index contributed by atoms with van der Waals surface area (Å²) in [6.07, 6.45) is 5.21. The number of hydrogen-bond donors (Lipinski definition) is 1. The van der Waals surface area contributed by atoms with E-state index in [4.69, 9.17) is 9.47 Å². The lowest BCUT2D eigenvalue weighted by atomic mass is 9.90. The van der Waals surface area contributed by atoms with Gasteiger partial charge in [-0.05, 0) is 26.3 Å². The molecule has 4 heteroatoms. The Morgan fingerprint density at radius 3 is 2.29 bits per heavy atom. The molecule has 102 valence electrons. The molecule has 1 aliphatic rings. The fourth-order valence-corrected chi connectivity index (χ4v) is 2.65. The number of ether oxygens (including phenoxy) is 2. The highest BCUT2D eigenvalue weighted by atomic mass is 16.5. The lowest BCUT2D eigenvalue weighted by molar-refractivity contribution is 0.0687. The highest BCUT2D eigenvalue weighted by Gasteiger charge is 2.25. The lowest BCUT2D eigenvalue weighted by Gasteiger charge is -2.37. The second kappa shape index (κ2) is 8.86. The van der Waals surface area contributed by atoms with Crippen molar-refractivity contribution in [2.24, 2.45) is 0 Å². The summed E-state index contributed by atoms with van der Waals surface area (Å²) in [5.74, 6) is 0. The minimum Gasteiger partial charge on any atom is -0.383 e. The van der Waals surface area contributed by atoms with Gasteiger partial charge in [0, 0.05) is 39.4 Å². The number of rotatable bonds is 8. The summed E-state index contributed by atoms with van der Waals surface area (Å²) in [6.45, 7) is 3.65. The van der Waals surface area contributed by atoms with E-state index in [1.165, 1.54) is 25.7 Å². The molecule has 17 heavy (non-hydrogen) atoms. The minimum absolute atomic E-state index is 0.682. The molecule has 0 aromatic heterocycles. The summed E-state index contributed by atoms with van der Waals surface area (Å²) < 4.78 is 10.4. The van der Waals surface area contributed by atoms with Crippen LogP contribution in [0.5, 0.6) is 0 Å². The summed E-state index contributed by atoms with van der Waals surface area (Å²) in [5.41, 5.74) is 0. The Labute approximate surface area is 106 Å². The van der Waals surface area contributed by atoms with Gasteiger partial charge in [-0.2, -0.15) is 0 Å². The summed E-state index contributed by atoms with van der Waals surface area (Å²) in [4.78, 5) is 2.52. The Balaban J connectivity index is 2.42. The maximum Gasteiger partial charge on any atom is 0.0589 e. The number of methoxy groups -OCH3 is 2. The van der Waals surface area contributed by atoms with Crippen LogP contribution in [0.2, 0.25) is 0 Å². The van der Waals surface area contributed by atoms with Crippen molar-refractivity contribution in [3.8, 4) is 0 Å². The molecular formula is C13H28N2O2. The van der Waals surface area contributed by atoms with E-state index in [-0.39, 0.29) is 0 Å². The van der Waals surface area contributed by atoms with Crippen molar-refractivity contribution in [2.45, 2.75) is 37.8 Å². The minimum atomic E-state index is 0.682. The third-order valence-corrected chi connectivity index (χ3v) is 3.74. The Morgan fingerprint density at radius 2 is 1.76 bits per heavy atom. The van der Waals surface area contributed by atoms with E-state index >= 15 is 0 Å². The fraction of sp³-hybridized carbons (Fsp3) is 1.00. The first-order valence-electron chi connectivity index (χ1n) is 6.71. The summed E-state index contributed by atoms with van der Waals surface area (Å²) in [6, 6.07) is 1.37. The number of nitrogens with zero attached hydrogens (tertiary/aromatic N) is 1. The molecule has 0 aromatic rings. The third kappa shape index (κ3) is 5.34. The van der Waals surface area contributed by atoms with Gasteiger partial charge in [-0.25, -0.2) is 0 Å². The van der Waals surface area contributed by atoms with Gasteiger partial charge >= 0.3 is 0 Å². The maximum absolute atomic E-state index is 5.20. The SMILES string of the molecule is CNC1CCCC(N(CCOC)CCOC)C1. The van der Waals surface area contributed by atoms with Crippen LogP contribution in [0.3, 0.4) is 0 Å². The molecule has 2 unspecified atom stereocenters.